The summed E-state index contributed by atoms with van der Waals surface area (Å²) in [4.78, 5) is 30.6. The third-order valence-corrected chi connectivity index (χ3v) is 4.54. The first-order valence-corrected chi connectivity index (χ1v) is 8.57. The smallest absolute Gasteiger partial charge is 0.329 e. The Balaban J connectivity index is 1.85. The topological polar surface area (TPSA) is 114 Å². The molecule has 0 amide bonds. The van der Waals surface area contributed by atoms with Crippen molar-refractivity contribution in [2.45, 2.75) is 26.5 Å². The van der Waals surface area contributed by atoms with Gasteiger partial charge < -0.3 is 19.7 Å². The SMILES string of the molecule is CNc1nc2c(c(=O)[nH]c(=O)n2C)n1C[C@@H](O)COc1ccc(C)c(C)c1. The molecule has 0 radical (unpaired) electrons. The Morgan fingerprint density at radius 2 is 2.04 bits per heavy atom. The van der Waals surface area contributed by atoms with Gasteiger partial charge in [0.15, 0.2) is 11.2 Å². The first-order chi connectivity index (χ1) is 12.8. The number of hydrogen-bond acceptors (Lipinski definition) is 6. The average molecular weight is 373 g/mol. The zero-order chi connectivity index (χ0) is 19.7. The van der Waals surface area contributed by atoms with Crippen LogP contribution in [0.3, 0.4) is 0 Å². The van der Waals surface area contributed by atoms with E-state index < -0.39 is 17.4 Å². The minimum atomic E-state index is -0.882. The first kappa shape index (κ1) is 18.7. The Bertz CT molecular complexity index is 1100. The van der Waals surface area contributed by atoms with E-state index in [1.54, 1.807) is 11.6 Å². The number of H-pyrrole nitrogens is 1. The zero-order valence-corrected chi connectivity index (χ0v) is 15.7. The van der Waals surface area contributed by atoms with Crippen molar-refractivity contribution in [2.24, 2.45) is 7.05 Å². The van der Waals surface area contributed by atoms with Crippen molar-refractivity contribution in [1.82, 2.24) is 19.1 Å². The molecular weight excluding hydrogens is 350 g/mol. The minimum absolute atomic E-state index is 0.0506. The lowest BCUT2D eigenvalue weighted by Gasteiger charge is -2.15. The van der Waals surface area contributed by atoms with Crippen LogP contribution < -0.4 is 21.3 Å². The Kier molecular flexibility index (Phi) is 5.04. The van der Waals surface area contributed by atoms with E-state index in [9.17, 15) is 14.7 Å². The molecular formula is C18H23N5O4. The van der Waals surface area contributed by atoms with Gasteiger partial charge in [0.25, 0.3) is 5.56 Å². The largest absolute Gasteiger partial charge is 0.491 e. The fourth-order valence-electron chi connectivity index (χ4n) is 2.86. The van der Waals surface area contributed by atoms with Crippen LogP contribution in [0, 0.1) is 13.8 Å². The maximum absolute atomic E-state index is 12.3. The van der Waals surface area contributed by atoms with Crippen molar-refractivity contribution >= 4 is 17.1 Å². The van der Waals surface area contributed by atoms with Gasteiger partial charge >= 0.3 is 5.69 Å². The number of aromatic nitrogens is 4. The van der Waals surface area contributed by atoms with E-state index in [1.807, 2.05) is 32.0 Å². The zero-order valence-electron chi connectivity index (χ0n) is 15.7. The number of rotatable bonds is 6. The lowest BCUT2D eigenvalue weighted by atomic mass is 10.1. The summed E-state index contributed by atoms with van der Waals surface area (Å²) in [5.41, 5.74) is 1.63. The van der Waals surface area contributed by atoms with Crippen LogP contribution in [0.15, 0.2) is 27.8 Å². The molecule has 0 unspecified atom stereocenters. The Labute approximate surface area is 155 Å². The Morgan fingerprint density at radius 3 is 2.70 bits per heavy atom. The van der Waals surface area contributed by atoms with Crippen molar-refractivity contribution in [1.29, 1.82) is 0 Å². The first-order valence-electron chi connectivity index (χ1n) is 8.57. The normalized spacial score (nSPS) is 12.3. The molecule has 2 heterocycles. The molecule has 0 aliphatic rings. The number of ether oxygens (including phenoxy) is 1. The molecule has 9 heteroatoms. The van der Waals surface area contributed by atoms with Gasteiger partial charge in [-0.15, -0.1) is 0 Å². The summed E-state index contributed by atoms with van der Waals surface area (Å²) < 4.78 is 8.47. The van der Waals surface area contributed by atoms with E-state index in [0.29, 0.717) is 11.7 Å². The monoisotopic (exact) mass is 373 g/mol. The maximum Gasteiger partial charge on any atom is 0.329 e. The summed E-state index contributed by atoms with van der Waals surface area (Å²) in [6.07, 6.45) is -0.882. The fraction of sp³-hybridized carbons (Fsp3) is 0.389. The number of benzene rings is 1. The number of aryl methyl sites for hydroxylation is 3. The molecule has 0 spiro atoms. The molecule has 3 N–H and O–H groups in total. The van der Waals surface area contributed by atoms with Crippen LogP contribution in [0.5, 0.6) is 5.75 Å². The van der Waals surface area contributed by atoms with Gasteiger partial charge in [-0.05, 0) is 37.1 Å². The predicted molar refractivity (Wildman–Crippen MR) is 103 cm³/mol. The highest BCUT2D eigenvalue weighted by atomic mass is 16.5. The van der Waals surface area contributed by atoms with Crippen molar-refractivity contribution in [3.05, 3.63) is 50.2 Å². The molecule has 1 aromatic carbocycles. The minimum Gasteiger partial charge on any atom is -0.491 e. The number of anilines is 1. The number of hydrogen-bond donors (Lipinski definition) is 3. The summed E-state index contributed by atoms with van der Waals surface area (Å²) in [7, 11) is 3.18. The molecule has 1 atom stereocenters. The molecule has 3 rings (SSSR count). The standard InChI is InChI=1S/C18H23N5O4/c1-10-5-6-13(7-11(10)2)27-9-12(24)8-23-14-15(20-17(23)19-3)22(4)18(26)21-16(14)25/h5-7,12,24H,8-9H2,1-4H3,(H,19,20)(H,21,25,26)/t12-/m1/s1. The van der Waals surface area contributed by atoms with Crippen LogP contribution in [-0.4, -0.2) is 44.0 Å². The van der Waals surface area contributed by atoms with Crippen molar-refractivity contribution < 1.29 is 9.84 Å². The highest BCUT2D eigenvalue weighted by Crippen LogP contribution is 2.18. The number of aliphatic hydroxyl groups excluding tert-OH is 1. The number of imidazole rings is 1. The number of fused-ring (bicyclic) bond motifs is 1. The number of nitrogens with one attached hydrogen (secondary N) is 2. The molecule has 0 saturated carbocycles. The van der Waals surface area contributed by atoms with E-state index >= 15 is 0 Å². The molecule has 0 aliphatic carbocycles. The van der Waals surface area contributed by atoms with Crippen molar-refractivity contribution in [3.8, 4) is 5.75 Å². The molecule has 3 aromatic rings. The van der Waals surface area contributed by atoms with Gasteiger partial charge in [0.1, 0.15) is 18.5 Å². The van der Waals surface area contributed by atoms with E-state index in [1.165, 1.54) is 11.6 Å². The molecule has 2 aromatic heterocycles. The third kappa shape index (κ3) is 3.59. The van der Waals surface area contributed by atoms with Crippen LogP contribution in [0.4, 0.5) is 5.95 Å². The number of nitrogens with zero attached hydrogens (tertiary/aromatic N) is 3. The molecule has 144 valence electrons. The van der Waals surface area contributed by atoms with Gasteiger partial charge in [0.05, 0.1) is 6.54 Å². The lowest BCUT2D eigenvalue weighted by molar-refractivity contribution is 0.0938. The van der Waals surface area contributed by atoms with Crippen LogP contribution in [0.2, 0.25) is 0 Å². The van der Waals surface area contributed by atoms with E-state index in [2.05, 4.69) is 15.3 Å². The quantitative estimate of drug-likeness (QED) is 0.580. The number of aromatic amines is 1. The van der Waals surface area contributed by atoms with E-state index in [0.717, 1.165) is 11.1 Å². The van der Waals surface area contributed by atoms with Crippen molar-refractivity contribution in [3.63, 3.8) is 0 Å². The van der Waals surface area contributed by atoms with Gasteiger partial charge in [-0.1, -0.05) is 6.07 Å². The van der Waals surface area contributed by atoms with Gasteiger partial charge in [0.2, 0.25) is 5.95 Å². The summed E-state index contributed by atoms with van der Waals surface area (Å²) in [5, 5.41) is 13.3. The second kappa shape index (κ2) is 7.28. The highest BCUT2D eigenvalue weighted by Gasteiger charge is 2.19. The van der Waals surface area contributed by atoms with E-state index in [-0.39, 0.29) is 24.3 Å². The van der Waals surface area contributed by atoms with Gasteiger partial charge in [-0.3, -0.25) is 14.3 Å². The molecule has 0 bridgehead atoms. The second-order valence-electron chi connectivity index (χ2n) is 6.50. The fourth-order valence-corrected chi connectivity index (χ4v) is 2.86. The number of aliphatic hydroxyl groups is 1. The summed E-state index contributed by atoms with van der Waals surface area (Å²) in [6.45, 7) is 4.14. The van der Waals surface area contributed by atoms with Crippen LogP contribution in [-0.2, 0) is 13.6 Å². The van der Waals surface area contributed by atoms with Gasteiger partial charge in [0, 0.05) is 14.1 Å². The molecule has 9 nitrogen and oxygen atoms in total. The van der Waals surface area contributed by atoms with Crippen LogP contribution >= 0.6 is 0 Å². The maximum atomic E-state index is 12.3. The Morgan fingerprint density at radius 1 is 1.30 bits per heavy atom. The highest BCUT2D eigenvalue weighted by molar-refractivity contribution is 5.74. The second-order valence-corrected chi connectivity index (χ2v) is 6.50. The van der Waals surface area contributed by atoms with Crippen molar-refractivity contribution in [2.75, 3.05) is 19.0 Å². The molecule has 0 aliphatic heterocycles. The lowest BCUT2D eigenvalue weighted by Crippen LogP contribution is -2.30. The van der Waals surface area contributed by atoms with Gasteiger partial charge in [-0.2, -0.15) is 4.98 Å². The summed E-state index contributed by atoms with van der Waals surface area (Å²) >= 11 is 0. The van der Waals surface area contributed by atoms with Gasteiger partial charge in [-0.25, -0.2) is 4.79 Å². The average Bonchev–Trinajstić information content (AvgIpc) is 2.99. The summed E-state index contributed by atoms with van der Waals surface area (Å²) in [5.74, 6) is 1.05. The molecule has 0 saturated heterocycles. The molecule has 27 heavy (non-hydrogen) atoms. The molecule has 0 fully saturated rings. The summed E-state index contributed by atoms with van der Waals surface area (Å²) in [6, 6.07) is 5.72. The third-order valence-electron chi connectivity index (χ3n) is 4.54. The Hall–Kier alpha value is -3.07. The van der Waals surface area contributed by atoms with Crippen LogP contribution in [0.1, 0.15) is 11.1 Å². The van der Waals surface area contributed by atoms with E-state index in [4.69, 9.17) is 4.74 Å². The van der Waals surface area contributed by atoms with Crippen LogP contribution in [0.25, 0.3) is 11.2 Å². The predicted octanol–water partition coefficient (Wildman–Crippen LogP) is 0.522.